The molecule has 0 aliphatic heterocycles. The fraction of sp³-hybridized carbons (Fsp3) is 0.385. The topological polar surface area (TPSA) is 84.7 Å². The lowest BCUT2D eigenvalue weighted by Crippen LogP contribution is -2.28. The van der Waals surface area contributed by atoms with E-state index in [4.69, 9.17) is 0 Å². The van der Waals surface area contributed by atoms with E-state index in [1.165, 1.54) is 0 Å². The monoisotopic (exact) mass is 352 g/mol. The number of pyridine rings is 1. The number of hydrogen-bond acceptors (Lipinski definition) is 5. The Hall–Kier alpha value is -1.96. The smallest absolute Gasteiger partial charge is 0.255 e. The third-order valence-corrected chi connectivity index (χ3v) is 3.17. The Morgan fingerprint density at radius 3 is 3.00 bits per heavy atom. The largest absolute Gasteiger partial charge is 0.369 e. The zero-order valence-electron chi connectivity index (χ0n) is 11.7. The molecule has 0 bridgehead atoms. The minimum absolute atomic E-state index is 0.164. The van der Waals surface area contributed by atoms with E-state index in [0.717, 1.165) is 17.4 Å². The number of hydrogen-bond donors (Lipinski definition) is 2. The molecule has 2 rings (SSSR count). The van der Waals surface area contributed by atoms with Crippen LogP contribution >= 0.6 is 15.9 Å². The van der Waals surface area contributed by atoms with Crippen LogP contribution in [0.5, 0.6) is 0 Å². The molecule has 0 unspecified atom stereocenters. The average molecular weight is 353 g/mol. The molecule has 0 fully saturated rings. The Bertz CT molecular complexity index is 586. The molecule has 2 aromatic rings. The minimum atomic E-state index is -0.164. The van der Waals surface area contributed by atoms with Crippen LogP contribution in [0.15, 0.2) is 29.1 Å². The molecular weight excluding hydrogens is 336 g/mol. The molecule has 2 heterocycles. The Balaban J connectivity index is 1.98. The average Bonchev–Trinajstić information content (AvgIpc) is 2.99. The van der Waals surface area contributed by atoms with Gasteiger partial charge in [0.15, 0.2) is 0 Å². The summed E-state index contributed by atoms with van der Waals surface area (Å²) in [7, 11) is 0. The Labute approximate surface area is 131 Å². The van der Waals surface area contributed by atoms with Crippen LogP contribution in [0.4, 0.5) is 5.82 Å². The van der Waals surface area contributed by atoms with Crippen molar-refractivity contribution in [3.63, 3.8) is 0 Å². The standard InChI is InChI=1S/C13H17BrN6O/c1-2-3-15-12-11(8-10(14)9-17-12)13(21)16-4-6-20-7-5-18-19-20/h5,7-9H,2-4,6H2,1H3,(H,15,17)(H,16,21). The number of carbonyl (C=O) groups excluding carboxylic acids is 1. The molecule has 0 aromatic carbocycles. The van der Waals surface area contributed by atoms with Gasteiger partial charge in [-0.3, -0.25) is 9.48 Å². The molecule has 0 saturated heterocycles. The molecule has 0 aliphatic carbocycles. The number of aromatic nitrogens is 4. The Kier molecular flexibility index (Phi) is 5.68. The second kappa shape index (κ2) is 7.72. The number of nitrogens with one attached hydrogen (secondary N) is 2. The first kappa shape index (κ1) is 15.4. The van der Waals surface area contributed by atoms with Crippen molar-refractivity contribution in [2.24, 2.45) is 0 Å². The van der Waals surface area contributed by atoms with Crippen molar-refractivity contribution in [1.82, 2.24) is 25.3 Å². The second-order valence-corrected chi connectivity index (χ2v) is 5.31. The molecule has 0 saturated carbocycles. The van der Waals surface area contributed by atoms with Gasteiger partial charge in [-0.05, 0) is 28.4 Å². The predicted molar refractivity (Wildman–Crippen MR) is 83.1 cm³/mol. The summed E-state index contributed by atoms with van der Waals surface area (Å²) in [5.74, 6) is 0.431. The van der Waals surface area contributed by atoms with E-state index in [0.29, 0.717) is 24.5 Å². The predicted octanol–water partition coefficient (Wildman–Crippen LogP) is 1.69. The first-order valence-electron chi connectivity index (χ1n) is 6.72. The highest BCUT2D eigenvalue weighted by Crippen LogP contribution is 2.18. The molecule has 1 amide bonds. The van der Waals surface area contributed by atoms with Crippen molar-refractivity contribution in [3.05, 3.63) is 34.7 Å². The molecular formula is C13H17BrN6O. The maximum Gasteiger partial charge on any atom is 0.255 e. The van der Waals surface area contributed by atoms with Gasteiger partial charge >= 0.3 is 0 Å². The van der Waals surface area contributed by atoms with E-state index in [1.807, 2.05) is 0 Å². The van der Waals surface area contributed by atoms with Crippen molar-refractivity contribution in [2.45, 2.75) is 19.9 Å². The van der Waals surface area contributed by atoms with E-state index >= 15 is 0 Å². The first-order chi connectivity index (χ1) is 10.2. The van der Waals surface area contributed by atoms with Gasteiger partial charge in [-0.1, -0.05) is 12.1 Å². The van der Waals surface area contributed by atoms with E-state index in [2.05, 4.69) is 48.8 Å². The molecule has 7 nitrogen and oxygen atoms in total. The van der Waals surface area contributed by atoms with Crippen molar-refractivity contribution in [1.29, 1.82) is 0 Å². The summed E-state index contributed by atoms with van der Waals surface area (Å²) >= 11 is 3.34. The lowest BCUT2D eigenvalue weighted by Gasteiger charge is -2.11. The molecule has 21 heavy (non-hydrogen) atoms. The molecule has 0 spiro atoms. The maximum atomic E-state index is 12.3. The van der Waals surface area contributed by atoms with E-state index < -0.39 is 0 Å². The molecule has 0 atom stereocenters. The third kappa shape index (κ3) is 4.52. The maximum absolute atomic E-state index is 12.3. The second-order valence-electron chi connectivity index (χ2n) is 4.40. The van der Waals surface area contributed by atoms with E-state index in [1.54, 1.807) is 29.3 Å². The summed E-state index contributed by atoms with van der Waals surface area (Å²) in [6, 6.07) is 1.76. The van der Waals surface area contributed by atoms with Gasteiger partial charge in [-0.2, -0.15) is 0 Å². The van der Waals surface area contributed by atoms with Crippen molar-refractivity contribution >= 4 is 27.7 Å². The lowest BCUT2D eigenvalue weighted by atomic mass is 10.2. The number of nitrogens with zero attached hydrogens (tertiary/aromatic N) is 4. The quantitative estimate of drug-likeness (QED) is 0.791. The molecule has 112 valence electrons. The van der Waals surface area contributed by atoms with Gasteiger partial charge in [-0.15, -0.1) is 5.10 Å². The number of carbonyl (C=O) groups is 1. The van der Waals surface area contributed by atoms with Crippen LogP contribution in [0.3, 0.4) is 0 Å². The van der Waals surface area contributed by atoms with Crippen LogP contribution in [0, 0.1) is 0 Å². The molecule has 2 aromatic heterocycles. The fourth-order valence-corrected chi connectivity index (χ4v) is 2.06. The zero-order chi connectivity index (χ0) is 15.1. The van der Waals surface area contributed by atoms with Gasteiger partial charge in [-0.25, -0.2) is 4.98 Å². The number of anilines is 1. The zero-order valence-corrected chi connectivity index (χ0v) is 13.3. The summed E-state index contributed by atoms with van der Waals surface area (Å²) in [5, 5.41) is 13.6. The van der Waals surface area contributed by atoms with Crippen molar-refractivity contribution in [2.75, 3.05) is 18.4 Å². The van der Waals surface area contributed by atoms with Crippen LogP contribution in [0.25, 0.3) is 0 Å². The van der Waals surface area contributed by atoms with E-state index in [-0.39, 0.29) is 5.91 Å². The number of halogens is 1. The fourth-order valence-electron chi connectivity index (χ4n) is 1.73. The summed E-state index contributed by atoms with van der Waals surface area (Å²) in [6.07, 6.45) is 5.99. The highest BCUT2D eigenvalue weighted by atomic mass is 79.9. The van der Waals surface area contributed by atoms with Crippen LogP contribution in [0.2, 0.25) is 0 Å². The van der Waals surface area contributed by atoms with Gasteiger partial charge in [0.1, 0.15) is 5.82 Å². The van der Waals surface area contributed by atoms with Gasteiger partial charge in [0.2, 0.25) is 0 Å². The summed E-state index contributed by atoms with van der Waals surface area (Å²) in [6.45, 7) is 3.88. The lowest BCUT2D eigenvalue weighted by molar-refractivity contribution is 0.0952. The normalized spacial score (nSPS) is 10.4. The van der Waals surface area contributed by atoms with Gasteiger partial charge < -0.3 is 10.6 Å². The highest BCUT2D eigenvalue weighted by Gasteiger charge is 2.12. The van der Waals surface area contributed by atoms with Crippen LogP contribution in [0.1, 0.15) is 23.7 Å². The third-order valence-electron chi connectivity index (χ3n) is 2.74. The minimum Gasteiger partial charge on any atom is -0.369 e. The van der Waals surface area contributed by atoms with Crippen molar-refractivity contribution in [3.8, 4) is 0 Å². The van der Waals surface area contributed by atoms with Crippen molar-refractivity contribution < 1.29 is 4.79 Å². The summed E-state index contributed by atoms with van der Waals surface area (Å²) < 4.78 is 2.43. The molecule has 2 N–H and O–H groups in total. The van der Waals surface area contributed by atoms with Crippen LogP contribution in [-0.2, 0) is 6.54 Å². The van der Waals surface area contributed by atoms with Gasteiger partial charge in [0.25, 0.3) is 5.91 Å². The Morgan fingerprint density at radius 2 is 2.29 bits per heavy atom. The van der Waals surface area contributed by atoms with Crippen LogP contribution < -0.4 is 10.6 Å². The Morgan fingerprint density at radius 1 is 1.43 bits per heavy atom. The first-order valence-corrected chi connectivity index (χ1v) is 7.51. The molecule has 8 heteroatoms. The summed E-state index contributed by atoms with van der Waals surface area (Å²) in [4.78, 5) is 16.5. The van der Waals surface area contributed by atoms with Gasteiger partial charge in [0.05, 0.1) is 18.3 Å². The van der Waals surface area contributed by atoms with Crippen LogP contribution in [-0.4, -0.2) is 39.0 Å². The van der Waals surface area contributed by atoms with E-state index in [9.17, 15) is 4.79 Å². The highest BCUT2D eigenvalue weighted by molar-refractivity contribution is 9.10. The number of rotatable bonds is 7. The molecule has 0 aliphatic rings. The summed E-state index contributed by atoms with van der Waals surface area (Å²) in [5.41, 5.74) is 0.524. The number of amides is 1. The SMILES string of the molecule is CCCNc1ncc(Br)cc1C(=O)NCCn1ccnn1. The van der Waals surface area contributed by atoms with Gasteiger partial charge in [0, 0.05) is 30.0 Å². The molecule has 0 radical (unpaired) electrons.